The van der Waals surface area contributed by atoms with Gasteiger partial charge in [-0.1, -0.05) is 19.1 Å². The second-order valence-electron chi connectivity index (χ2n) is 4.09. The third kappa shape index (κ3) is 2.79. The zero-order valence-electron chi connectivity index (χ0n) is 10.4. The van der Waals surface area contributed by atoms with Crippen molar-refractivity contribution in [3.8, 4) is 0 Å². The van der Waals surface area contributed by atoms with Gasteiger partial charge in [-0.15, -0.1) is 13.2 Å². The van der Waals surface area contributed by atoms with Crippen LogP contribution in [0.2, 0.25) is 0 Å². The zero-order chi connectivity index (χ0) is 13.7. The fraction of sp³-hybridized carbons (Fsp3) is 0.538. The third-order valence-electron chi connectivity index (χ3n) is 2.88. The van der Waals surface area contributed by atoms with Crippen molar-refractivity contribution < 1.29 is 24.2 Å². The van der Waals surface area contributed by atoms with Crippen molar-refractivity contribution in [2.45, 2.75) is 25.6 Å². The van der Waals surface area contributed by atoms with Crippen LogP contribution in [0.3, 0.4) is 0 Å². The van der Waals surface area contributed by atoms with Crippen LogP contribution in [-0.4, -0.2) is 35.9 Å². The summed E-state index contributed by atoms with van der Waals surface area (Å²) in [4.78, 5) is 23.2. The van der Waals surface area contributed by atoms with Crippen LogP contribution in [0.15, 0.2) is 25.3 Å². The van der Waals surface area contributed by atoms with Gasteiger partial charge in [-0.3, -0.25) is 9.59 Å². The summed E-state index contributed by atoms with van der Waals surface area (Å²) in [5.74, 6) is -3.49. The van der Waals surface area contributed by atoms with E-state index in [1.807, 2.05) is 6.92 Å². The van der Waals surface area contributed by atoms with Gasteiger partial charge in [0.1, 0.15) is 11.8 Å². The molecule has 5 heteroatoms. The molecule has 1 aliphatic heterocycles. The van der Waals surface area contributed by atoms with E-state index in [2.05, 4.69) is 13.2 Å². The maximum Gasteiger partial charge on any atom is 0.312 e. The van der Waals surface area contributed by atoms with E-state index in [4.69, 9.17) is 9.47 Å². The fourth-order valence-corrected chi connectivity index (χ4v) is 2.04. The first-order chi connectivity index (χ1) is 8.56. The Labute approximate surface area is 106 Å². The lowest BCUT2D eigenvalue weighted by molar-refractivity contribution is -0.156. The molecule has 4 unspecified atom stereocenters. The van der Waals surface area contributed by atoms with E-state index in [1.54, 1.807) is 0 Å². The minimum atomic E-state index is -1.09. The quantitative estimate of drug-likeness (QED) is 0.573. The van der Waals surface area contributed by atoms with Gasteiger partial charge in [-0.05, 0) is 6.42 Å². The molecule has 100 valence electrons. The second-order valence-corrected chi connectivity index (χ2v) is 4.09. The van der Waals surface area contributed by atoms with Crippen LogP contribution in [-0.2, 0) is 19.1 Å². The minimum absolute atomic E-state index is 0.268. The molecule has 1 aliphatic rings. The molecule has 0 amide bonds. The lowest BCUT2D eigenvalue weighted by Gasteiger charge is -2.17. The molecule has 1 saturated heterocycles. The Bertz CT molecular complexity index is 349. The molecule has 1 heterocycles. The van der Waals surface area contributed by atoms with E-state index in [0.29, 0.717) is 6.42 Å². The summed E-state index contributed by atoms with van der Waals surface area (Å²) in [6, 6.07) is 0. The molecule has 1 rings (SSSR count). The highest BCUT2D eigenvalue weighted by molar-refractivity contribution is 5.83. The van der Waals surface area contributed by atoms with E-state index in [0.717, 1.165) is 0 Å². The normalized spacial score (nSPS) is 30.7. The number of ether oxygens (including phenoxy) is 2. The Hall–Kier alpha value is -1.62. The Morgan fingerprint density at radius 3 is 2.28 bits per heavy atom. The summed E-state index contributed by atoms with van der Waals surface area (Å²) in [6.07, 6.45) is 2.14. The van der Waals surface area contributed by atoms with Crippen molar-refractivity contribution in [1.29, 1.82) is 0 Å². The highest BCUT2D eigenvalue weighted by Gasteiger charge is 2.50. The van der Waals surface area contributed by atoms with Crippen LogP contribution < -0.4 is 0 Å². The first-order valence-corrected chi connectivity index (χ1v) is 5.86. The Morgan fingerprint density at radius 1 is 1.28 bits per heavy atom. The van der Waals surface area contributed by atoms with Gasteiger partial charge >= 0.3 is 11.9 Å². The molecule has 0 bridgehead atoms. The van der Waals surface area contributed by atoms with Gasteiger partial charge < -0.3 is 14.6 Å². The summed E-state index contributed by atoms with van der Waals surface area (Å²) in [5, 5.41) is 9.20. The molecule has 0 radical (unpaired) electrons. The van der Waals surface area contributed by atoms with Crippen LogP contribution in [0.25, 0.3) is 0 Å². The largest absolute Gasteiger partial charge is 0.481 e. The Kier molecular flexibility index (Phi) is 5.09. The molecule has 0 aromatic rings. The number of carboxylic acid groups (broad SMARTS) is 1. The first kappa shape index (κ1) is 14.4. The maximum atomic E-state index is 11.9. The van der Waals surface area contributed by atoms with E-state index < -0.39 is 36.0 Å². The van der Waals surface area contributed by atoms with Gasteiger partial charge in [0.15, 0.2) is 0 Å². The van der Waals surface area contributed by atoms with Crippen molar-refractivity contribution >= 4 is 11.9 Å². The molecule has 1 N–H and O–H groups in total. The number of rotatable bonds is 6. The van der Waals surface area contributed by atoms with Crippen LogP contribution in [0.4, 0.5) is 0 Å². The predicted octanol–water partition coefficient (Wildman–Crippen LogP) is 1.40. The molecule has 0 spiro atoms. The molecular weight excluding hydrogens is 236 g/mol. The van der Waals surface area contributed by atoms with Gasteiger partial charge in [0.25, 0.3) is 0 Å². The minimum Gasteiger partial charge on any atom is -0.481 e. The Balaban J connectivity index is 2.93. The van der Waals surface area contributed by atoms with Gasteiger partial charge in [-0.2, -0.15) is 0 Å². The molecule has 5 nitrogen and oxygen atoms in total. The van der Waals surface area contributed by atoms with E-state index in [1.165, 1.54) is 12.2 Å². The number of esters is 1. The number of carbonyl (C=O) groups is 2. The van der Waals surface area contributed by atoms with Crippen molar-refractivity contribution in [1.82, 2.24) is 0 Å². The van der Waals surface area contributed by atoms with Crippen molar-refractivity contribution in [3.05, 3.63) is 25.3 Å². The van der Waals surface area contributed by atoms with Gasteiger partial charge in [0, 0.05) is 0 Å². The maximum absolute atomic E-state index is 11.9. The summed E-state index contributed by atoms with van der Waals surface area (Å²) in [5.41, 5.74) is 0. The Morgan fingerprint density at radius 2 is 1.83 bits per heavy atom. The summed E-state index contributed by atoms with van der Waals surface area (Å²) in [6.45, 7) is 9.22. The van der Waals surface area contributed by atoms with Gasteiger partial charge in [0.2, 0.25) is 0 Å². The molecule has 0 aliphatic carbocycles. The number of carbonyl (C=O) groups excluding carboxylic acids is 1. The summed E-state index contributed by atoms with van der Waals surface area (Å²) >= 11 is 0. The molecule has 0 aromatic heterocycles. The topological polar surface area (TPSA) is 72.8 Å². The smallest absolute Gasteiger partial charge is 0.312 e. The van der Waals surface area contributed by atoms with E-state index in [-0.39, 0.29) is 6.61 Å². The number of carboxylic acids is 1. The van der Waals surface area contributed by atoms with Gasteiger partial charge in [-0.25, -0.2) is 0 Å². The standard InChI is InChI=1S/C13H18O5/c1-4-7-17-13(16)11-9(6-3)18-8(5-2)10(11)12(14)15/h5-6,8-11H,2-4,7H2,1H3,(H,14,15). The highest BCUT2D eigenvalue weighted by atomic mass is 16.5. The van der Waals surface area contributed by atoms with E-state index in [9.17, 15) is 14.7 Å². The molecule has 4 atom stereocenters. The highest BCUT2D eigenvalue weighted by Crippen LogP contribution is 2.35. The molecule has 0 saturated carbocycles. The first-order valence-electron chi connectivity index (χ1n) is 5.86. The second kappa shape index (κ2) is 6.35. The molecular formula is C13H18O5. The summed E-state index contributed by atoms with van der Waals surface area (Å²) in [7, 11) is 0. The molecule has 0 aromatic carbocycles. The van der Waals surface area contributed by atoms with Crippen molar-refractivity contribution in [2.75, 3.05) is 6.61 Å². The molecule has 18 heavy (non-hydrogen) atoms. The van der Waals surface area contributed by atoms with E-state index >= 15 is 0 Å². The number of aliphatic carboxylic acids is 1. The lowest BCUT2D eigenvalue weighted by atomic mass is 9.87. The average Bonchev–Trinajstić information content (AvgIpc) is 2.74. The summed E-state index contributed by atoms with van der Waals surface area (Å²) < 4.78 is 10.4. The average molecular weight is 254 g/mol. The lowest BCUT2D eigenvalue weighted by Crippen LogP contribution is -2.35. The third-order valence-corrected chi connectivity index (χ3v) is 2.88. The monoisotopic (exact) mass is 254 g/mol. The van der Waals surface area contributed by atoms with Crippen LogP contribution in [0.5, 0.6) is 0 Å². The number of hydrogen-bond donors (Lipinski definition) is 1. The van der Waals surface area contributed by atoms with Crippen LogP contribution in [0.1, 0.15) is 13.3 Å². The molecule has 1 fully saturated rings. The van der Waals surface area contributed by atoms with Gasteiger partial charge in [0.05, 0.1) is 18.8 Å². The number of hydrogen-bond acceptors (Lipinski definition) is 4. The predicted molar refractivity (Wildman–Crippen MR) is 64.9 cm³/mol. The van der Waals surface area contributed by atoms with Crippen molar-refractivity contribution in [3.63, 3.8) is 0 Å². The zero-order valence-corrected chi connectivity index (χ0v) is 10.4. The van der Waals surface area contributed by atoms with Crippen LogP contribution >= 0.6 is 0 Å². The SMILES string of the molecule is C=CC1OC(C=C)C(C(=O)OCCC)C1C(=O)O. The van der Waals surface area contributed by atoms with Crippen LogP contribution in [0, 0.1) is 11.8 Å². The fourth-order valence-electron chi connectivity index (χ4n) is 2.04. The van der Waals surface area contributed by atoms with Crippen molar-refractivity contribution in [2.24, 2.45) is 11.8 Å².